The fraction of sp³-hybridized carbons (Fsp3) is 0.143. The molecule has 0 aliphatic rings. The summed E-state index contributed by atoms with van der Waals surface area (Å²) in [6.45, 7) is 1.77. The van der Waals surface area contributed by atoms with Crippen molar-refractivity contribution in [1.29, 1.82) is 0 Å². The lowest BCUT2D eigenvalue weighted by Gasteiger charge is -2.02. The number of aryl methyl sites for hydroxylation is 1. The molecule has 0 aliphatic heterocycles. The van der Waals surface area contributed by atoms with Crippen LogP contribution in [0.15, 0.2) is 12.1 Å². The molecule has 54 valence electrons. The van der Waals surface area contributed by atoms with Gasteiger partial charge in [0.1, 0.15) is 5.75 Å². The smallest absolute Gasteiger partial charge is 0.120 e. The van der Waals surface area contributed by atoms with E-state index in [2.05, 4.69) is 0 Å². The summed E-state index contributed by atoms with van der Waals surface area (Å²) >= 11 is 0. The Morgan fingerprint density at radius 2 is 1.70 bits per heavy atom. The van der Waals surface area contributed by atoms with Crippen molar-refractivity contribution in [3.8, 4) is 5.75 Å². The Labute approximate surface area is 59.3 Å². The van der Waals surface area contributed by atoms with Crippen LogP contribution in [0.1, 0.15) is 5.56 Å². The molecule has 1 aromatic carbocycles. The van der Waals surface area contributed by atoms with Gasteiger partial charge in [0.25, 0.3) is 0 Å². The predicted molar refractivity (Wildman–Crippen MR) is 41.7 cm³/mol. The molecular weight excluding hydrogens is 128 g/mol. The SMILES string of the molecule is Cc1cc(N)c(N)cc1O. The van der Waals surface area contributed by atoms with Crippen LogP contribution in [0.2, 0.25) is 0 Å². The van der Waals surface area contributed by atoms with E-state index in [1.807, 2.05) is 0 Å². The van der Waals surface area contributed by atoms with Crippen LogP contribution in [-0.2, 0) is 0 Å². The maximum Gasteiger partial charge on any atom is 0.120 e. The van der Waals surface area contributed by atoms with Crippen molar-refractivity contribution in [2.45, 2.75) is 6.92 Å². The van der Waals surface area contributed by atoms with Gasteiger partial charge in [-0.05, 0) is 18.6 Å². The van der Waals surface area contributed by atoms with E-state index in [0.29, 0.717) is 11.4 Å². The zero-order chi connectivity index (χ0) is 7.72. The highest BCUT2D eigenvalue weighted by Gasteiger charge is 1.98. The highest BCUT2D eigenvalue weighted by molar-refractivity contribution is 5.67. The second kappa shape index (κ2) is 2.10. The van der Waals surface area contributed by atoms with Gasteiger partial charge in [-0.25, -0.2) is 0 Å². The van der Waals surface area contributed by atoms with Crippen LogP contribution in [-0.4, -0.2) is 5.11 Å². The van der Waals surface area contributed by atoms with Crippen molar-refractivity contribution in [2.24, 2.45) is 0 Å². The summed E-state index contributed by atoms with van der Waals surface area (Å²) in [6.07, 6.45) is 0. The highest BCUT2D eigenvalue weighted by atomic mass is 16.3. The second-order valence-corrected chi connectivity index (χ2v) is 2.27. The van der Waals surface area contributed by atoms with E-state index in [1.54, 1.807) is 13.0 Å². The summed E-state index contributed by atoms with van der Waals surface area (Å²) in [5.74, 6) is 0.187. The largest absolute Gasteiger partial charge is 0.508 e. The maximum atomic E-state index is 9.09. The molecule has 5 N–H and O–H groups in total. The van der Waals surface area contributed by atoms with E-state index < -0.39 is 0 Å². The summed E-state index contributed by atoms with van der Waals surface area (Å²) < 4.78 is 0. The van der Waals surface area contributed by atoms with Crippen LogP contribution >= 0.6 is 0 Å². The van der Waals surface area contributed by atoms with Crippen molar-refractivity contribution in [1.82, 2.24) is 0 Å². The average molecular weight is 138 g/mol. The summed E-state index contributed by atoms with van der Waals surface area (Å²) in [4.78, 5) is 0. The lowest BCUT2D eigenvalue weighted by Crippen LogP contribution is -1.94. The van der Waals surface area contributed by atoms with E-state index in [4.69, 9.17) is 16.6 Å². The Morgan fingerprint density at radius 3 is 2.20 bits per heavy atom. The molecule has 0 unspecified atom stereocenters. The van der Waals surface area contributed by atoms with Gasteiger partial charge in [0.2, 0.25) is 0 Å². The fourth-order valence-corrected chi connectivity index (χ4v) is 0.735. The van der Waals surface area contributed by atoms with Crippen LogP contribution in [0.3, 0.4) is 0 Å². The standard InChI is InChI=1S/C7H10N2O/c1-4-2-5(8)6(9)3-7(4)10/h2-3,10H,8-9H2,1H3. The first-order valence-electron chi connectivity index (χ1n) is 2.96. The number of aromatic hydroxyl groups is 1. The first-order chi connectivity index (χ1) is 4.61. The zero-order valence-corrected chi connectivity index (χ0v) is 5.76. The number of nitrogen functional groups attached to an aromatic ring is 2. The van der Waals surface area contributed by atoms with E-state index in [9.17, 15) is 0 Å². The van der Waals surface area contributed by atoms with Gasteiger partial charge in [-0.3, -0.25) is 0 Å². The number of anilines is 2. The second-order valence-electron chi connectivity index (χ2n) is 2.27. The van der Waals surface area contributed by atoms with Gasteiger partial charge in [0.05, 0.1) is 11.4 Å². The van der Waals surface area contributed by atoms with Crippen molar-refractivity contribution >= 4 is 11.4 Å². The van der Waals surface area contributed by atoms with Gasteiger partial charge < -0.3 is 16.6 Å². The summed E-state index contributed by atoms with van der Waals surface area (Å²) in [7, 11) is 0. The summed E-state index contributed by atoms with van der Waals surface area (Å²) in [5, 5.41) is 9.09. The number of hydrogen-bond acceptors (Lipinski definition) is 3. The molecule has 0 bridgehead atoms. The summed E-state index contributed by atoms with van der Waals surface area (Å²) in [5.41, 5.74) is 12.5. The minimum atomic E-state index is 0.187. The molecule has 0 radical (unpaired) electrons. The lowest BCUT2D eigenvalue weighted by atomic mass is 10.2. The van der Waals surface area contributed by atoms with Crippen molar-refractivity contribution in [3.63, 3.8) is 0 Å². The predicted octanol–water partition coefficient (Wildman–Crippen LogP) is 0.865. The molecule has 0 spiro atoms. The molecule has 0 saturated heterocycles. The Kier molecular flexibility index (Phi) is 1.41. The number of phenolic OH excluding ortho intramolecular Hbond substituents is 1. The molecule has 0 amide bonds. The van der Waals surface area contributed by atoms with Gasteiger partial charge in [-0.1, -0.05) is 0 Å². The number of benzene rings is 1. The van der Waals surface area contributed by atoms with Crippen molar-refractivity contribution in [3.05, 3.63) is 17.7 Å². The zero-order valence-electron chi connectivity index (χ0n) is 5.76. The molecule has 1 aromatic rings. The highest BCUT2D eigenvalue weighted by Crippen LogP contribution is 2.24. The number of hydrogen-bond donors (Lipinski definition) is 3. The third kappa shape index (κ3) is 0.978. The third-order valence-electron chi connectivity index (χ3n) is 1.40. The molecule has 0 aromatic heterocycles. The Bertz CT molecular complexity index is 208. The number of phenols is 1. The molecule has 3 nitrogen and oxygen atoms in total. The molecule has 10 heavy (non-hydrogen) atoms. The van der Waals surface area contributed by atoms with Crippen LogP contribution in [0.25, 0.3) is 0 Å². The van der Waals surface area contributed by atoms with Gasteiger partial charge in [0, 0.05) is 6.07 Å². The van der Waals surface area contributed by atoms with Crippen molar-refractivity contribution in [2.75, 3.05) is 11.5 Å². The normalized spacial score (nSPS) is 9.70. The quantitative estimate of drug-likeness (QED) is 0.368. The first kappa shape index (κ1) is 6.74. The topological polar surface area (TPSA) is 72.3 Å². The molecule has 0 atom stereocenters. The van der Waals surface area contributed by atoms with Crippen LogP contribution in [0.4, 0.5) is 11.4 Å². The molecule has 0 fully saturated rings. The number of nitrogens with two attached hydrogens (primary N) is 2. The van der Waals surface area contributed by atoms with Gasteiger partial charge in [0.15, 0.2) is 0 Å². The molecule has 0 heterocycles. The third-order valence-corrected chi connectivity index (χ3v) is 1.40. The van der Waals surface area contributed by atoms with Gasteiger partial charge in [-0.15, -0.1) is 0 Å². The average Bonchev–Trinajstić information content (AvgIpc) is 1.84. The van der Waals surface area contributed by atoms with Crippen molar-refractivity contribution < 1.29 is 5.11 Å². The van der Waals surface area contributed by atoms with E-state index in [0.717, 1.165) is 5.56 Å². The monoisotopic (exact) mass is 138 g/mol. The maximum absolute atomic E-state index is 9.09. The van der Waals surface area contributed by atoms with E-state index in [-0.39, 0.29) is 5.75 Å². The Morgan fingerprint density at radius 1 is 1.20 bits per heavy atom. The van der Waals surface area contributed by atoms with Crippen LogP contribution in [0, 0.1) is 6.92 Å². The summed E-state index contributed by atoms with van der Waals surface area (Å²) in [6, 6.07) is 3.09. The minimum absolute atomic E-state index is 0.187. The Hall–Kier alpha value is -1.38. The van der Waals surface area contributed by atoms with Crippen LogP contribution in [0.5, 0.6) is 5.75 Å². The lowest BCUT2D eigenvalue weighted by molar-refractivity contribution is 0.471. The van der Waals surface area contributed by atoms with E-state index >= 15 is 0 Å². The van der Waals surface area contributed by atoms with Gasteiger partial charge >= 0.3 is 0 Å². The molecule has 0 saturated carbocycles. The minimum Gasteiger partial charge on any atom is -0.508 e. The molecule has 3 heteroatoms. The van der Waals surface area contributed by atoms with Gasteiger partial charge in [-0.2, -0.15) is 0 Å². The Balaban J connectivity index is 3.28. The number of rotatable bonds is 0. The van der Waals surface area contributed by atoms with Crippen LogP contribution < -0.4 is 11.5 Å². The fourth-order valence-electron chi connectivity index (χ4n) is 0.735. The first-order valence-corrected chi connectivity index (χ1v) is 2.96. The van der Waals surface area contributed by atoms with E-state index in [1.165, 1.54) is 6.07 Å². The molecule has 0 aliphatic carbocycles. The molecule has 1 rings (SSSR count). The molecular formula is C7H10N2O.